The van der Waals surface area contributed by atoms with Crippen LogP contribution in [-0.4, -0.2) is 29.4 Å². The summed E-state index contributed by atoms with van der Waals surface area (Å²) in [7, 11) is 0. The number of esters is 1. The molecule has 1 aromatic carbocycles. The molecule has 3 N–H and O–H groups in total. The molecule has 26 heavy (non-hydrogen) atoms. The van der Waals surface area contributed by atoms with Crippen LogP contribution in [0.5, 0.6) is 0 Å². The zero-order valence-electron chi connectivity index (χ0n) is 14.3. The van der Waals surface area contributed by atoms with E-state index in [1.54, 1.807) is 12.3 Å². The number of fused-ring (bicyclic) bond motifs is 1. The van der Waals surface area contributed by atoms with Crippen LogP contribution in [0.3, 0.4) is 0 Å². The van der Waals surface area contributed by atoms with Crippen molar-refractivity contribution in [2.75, 3.05) is 6.54 Å². The Kier molecular flexibility index (Phi) is 5.60. The Balaban J connectivity index is 1.52. The molecule has 0 fully saturated rings. The average Bonchev–Trinajstić information content (AvgIpc) is 3.10. The molecule has 134 valence electrons. The Morgan fingerprint density at radius 1 is 1.27 bits per heavy atom. The molecule has 6 nitrogen and oxygen atoms in total. The van der Waals surface area contributed by atoms with Crippen molar-refractivity contribution < 1.29 is 14.3 Å². The van der Waals surface area contributed by atoms with E-state index < -0.39 is 12.0 Å². The van der Waals surface area contributed by atoms with Gasteiger partial charge in [-0.3, -0.25) is 14.6 Å². The predicted molar refractivity (Wildman–Crippen MR) is 101 cm³/mol. The zero-order valence-corrected chi connectivity index (χ0v) is 15.1. The third kappa shape index (κ3) is 4.25. The van der Waals surface area contributed by atoms with Gasteiger partial charge in [-0.2, -0.15) is 0 Å². The maximum atomic E-state index is 12.3. The van der Waals surface area contributed by atoms with Crippen molar-refractivity contribution in [3.05, 3.63) is 64.7 Å². The van der Waals surface area contributed by atoms with E-state index in [2.05, 4.69) is 10.3 Å². The number of nitrogens with two attached hydrogens (primary N) is 1. The van der Waals surface area contributed by atoms with Crippen LogP contribution in [0.15, 0.2) is 48.7 Å². The number of carbonyl (C=O) groups excluding carboxylic acids is 2. The van der Waals surface area contributed by atoms with E-state index in [1.165, 1.54) is 11.3 Å². The van der Waals surface area contributed by atoms with Crippen LogP contribution in [0, 0.1) is 6.92 Å². The Morgan fingerprint density at radius 2 is 2.04 bits per heavy atom. The molecule has 1 atom stereocenters. The largest absolute Gasteiger partial charge is 0.460 e. The summed E-state index contributed by atoms with van der Waals surface area (Å²) in [5.74, 6) is -0.832. The number of amides is 1. The summed E-state index contributed by atoms with van der Waals surface area (Å²) in [5.41, 5.74) is 8.54. The molecule has 0 aliphatic heterocycles. The van der Waals surface area contributed by atoms with E-state index in [0.29, 0.717) is 4.88 Å². The number of aromatic nitrogens is 1. The van der Waals surface area contributed by atoms with E-state index in [0.717, 1.165) is 21.3 Å². The van der Waals surface area contributed by atoms with Gasteiger partial charge in [0.15, 0.2) is 0 Å². The molecule has 0 spiro atoms. The van der Waals surface area contributed by atoms with Crippen molar-refractivity contribution >= 4 is 33.4 Å². The van der Waals surface area contributed by atoms with Crippen LogP contribution < -0.4 is 11.1 Å². The molecule has 2 aromatic heterocycles. The van der Waals surface area contributed by atoms with Gasteiger partial charge in [0, 0.05) is 12.7 Å². The van der Waals surface area contributed by atoms with Crippen LogP contribution in [0.2, 0.25) is 0 Å². The van der Waals surface area contributed by atoms with E-state index in [1.807, 2.05) is 43.3 Å². The summed E-state index contributed by atoms with van der Waals surface area (Å²) in [6.07, 6.45) is 1.71. The lowest BCUT2D eigenvalue weighted by Crippen LogP contribution is -2.43. The number of rotatable bonds is 6. The van der Waals surface area contributed by atoms with Gasteiger partial charge in [0.25, 0.3) is 5.91 Å². The smallest absolute Gasteiger partial charge is 0.325 e. The second-order valence-corrected chi connectivity index (χ2v) is 6.91. The van der Waals surface area contributed by atoms with Gasteiger partial charge in [-0.15, -0.1) is 11.3 Å². The Bertz CT molecular complexity index is 924. The fourth-order valence-electron chi connectivity index (χ4n) is 2.39. The Morgan fingerprint density at radius 3 is 2.77 bits per heavy atom. The molecule has 0 saturated heterocycles. The van der Waals surface area contributed by atoms with Crippen molar-refractivity contribution in [3.8, 4) is 0 Å². The Hall–Kier alpha value is -2.77. The van der Waals surface area contributed by atoms with Crippen molar-refractivity contribution in [2.24, 2.45) is 5.73 Å². The van der Waals surface area contributed by atoms with Crippen molar-refractivity contribution in [2.45, 2.75) is 19.6 Å². The van der Waals surface area contributed by atoms with Crippen molar-refractivity contribution in [3.63, 3.8) is 0 Å². The second kappa shape index (κ2) is 8.07. The molecule has 0 bridgehead atoms. The number of benzene rings is 1. The number of thiophene rings is 1. The molecule has 1 amide bonds. The third-order valence-electron chi connectivity index (χ3n) is 3.84. The van der Waals surface area contributed by atoms with Gasteiger partial charge in [-0.1, -0.05) is 30.3 Å². The zero-order chi connectivity index (χ0) is 18.5. The summed E-state index contributed by atoms with van der Waals surface area (Å²) in [4.78, 5) is 29.0. The van der Waals surface area contributed by atoms with E-state index >= 15 is 0 Å². The van der Waals surface area contributed by atoms with E-state index in [4.69, 9.17) is 10.5 Å². The molecule has 1 unspecified atom stereocenters. The topological polar surface area (TPSA) is 94.3 Å². The first kappa shape index (κ1) is 18.0. The highest BCUT2D eigenvalue weighted by molar-refractivity contribution is 7.21. The number of hydrogen-bond donors (Lipinski definition) is 2. The van der Waals surface area contributed by atoms with Gasteiger partial charge >= 0.3 is 5.97 Å². The molecule has 2 heterocycles. The minimum absolute atomic E-state index is 0.00706. The van der Waals surface area contributed by atoms with Crippen LogP contribution in [-0.2, 0) is 16.1 Å². The van der Waals surface area contributed by atoms with Crippen LogP contribution >= 0.6 is 11.3 Å². The molecule has 3 rings (SSSR count). The van der Waals surface area contributed by atoms with Gasteiger partial charge in [0.05, 0.1) is 15.1 Å². The standard InChI is InChI=1S/C19H19N3O3S/c1-12-7-8-21-15-9-16(26-17(12)15)18(23)22-10-14(20)19(24)25-11-13-5-3-2-4-6-13/h2-9,14H,10-11,20H2,1H3,(H,22,23). The molecule has 0 aliphatic rings. The molecule has 7 heteroatoms. The molecule has 3 aromatic rings. The lowest BCUT2D eigenvalue weighted by atomic mass is 10.2. The second-order valence-electron chi connectivity index (χ2n) is 5.86. The first-order valence-corrected chi connectivity index (χ1v) is 8.96. The lowest BCUT2D eigenvalue weighted by molar-refractivity contribution is -0.146. The SMILES string of the molecule is Cc1ccnc2cc(C(=O)NCC(N)C(=O)OCc3ccccc3)sc12. The minimum atomic E-state index is -0.920. The maximum Gasteiger partial charge on any atom is 0.325 e. The van der Waals surface area contributed by atoms with Crippen LogP contribution in [0.4, 0.5) is 0 Å². The maximum absolute atomic E-state index is 12.3. The first-order chi connectivity index (χ1) is 12.5. The summed E-state index contributed by atoms with van der Waals surface area (Å²) in [6, 6.07) is 12.1. The fourth-order valence-corrected chi connectivity index (χ4v) is 3.39. The summed E-state index contributed by atoms with van der Waals surface area (Å²) < 4.78 is 6.15. The number of pyridine rings is 1. The minimum Gasteiger partial charge on any atom is -0.460 e. The summed E-state index contributed by atoms with van der Waals surface area (Å²) in [5, 5.41) is 2.68. The Labute approximate surface area is 155 Å². The molecule has 0 saturated carbocycles. The van der Waals surface area contributed by atoms with Gasteiger partial charge in [-0.25, -0.2) is 0 Å². The molecular formula is C19H19N3O3S. The molecule has 0 aliphatic carbocycles. The number of nitrogens with one attached hydrogen (secondary N) is 1. The van der Waals surface area contributed by atoms with Gasteiger partial charge in [0.2, 0.25) is 0 Å². The average molecular weight is 369 g/mol. The monoisotopic (exact) mass is 369 g/mol. The van der Waals surface area contributed by atoms with Crippen molar-refractivity contribution in [1.29, 1.82) is 0 Å². The quantitative estimate of drug-likeness (QED) is 0.651. The number of carbonyl (C=O) groups is 2. The van der Waals surface area contributed by atoms with Crippen LogP contribution in [0.25, 0.3) is 10.2 Å². The number of aryl methyl sites for hydroxylation is 1. The van der Waals surface area contributed by atoms with E-state index in [-0.39, 0.29) is 19.1 Å². The molecular weight excluding hydrogens is 350 g/mol. The first-order valence-electron chi connectivity index (χ1n) is 8.14. The highest BCUT2D eigenvalue weighted by Gasteiger charge is 2.18. The summed E-state index contributed by atoms with van der Waals surface area (Å²) in [6.45, 7) is 2.14. The number of ether oxygens (including phenoxy) is 1. The fraction of sp³-hybridized carbons (Fsp3) is 0.211. The van der Waals surface area contributed by atoms with Crippen molar-refractivity contribution in [1.82, 2.24) is 10.3 Å². The third-order valence-corrected chi connectivity index (χ3v) is 5.10. The lowest BCUT2D eigenvalue weighted by Gasteiger charge is -2.12. The normalized spacial score (nSPS) is 11.9. The highest BCUT2D eigenvalue weighted by Crippen LogP contribution is 2.26. The summed E-state index contributed by atoms with van der Waals surface area (Å²) >= 11 is 1.37. The highest BCUT2D eigenvalue weighted by atomic mass is 32.1. The van der Waals surface area contributed by atoms with Gasteiger partial charge in [-0.05, 0) is 30.2 Å². The van der Waals surface area contributed by atoms with E-state index in [9.17, 15) is 9.59 Å². The van der Waals surface area contributed by atoms with Crippen LogP contribution in [0.1, 0.15) is 20.8 Å². The van der Waals surface area contributed by atoms with Gasteiger partial charge < -0.3 is 15.8 Å². The van der Waals surface area contributed by atoms with Gasteiger partial charge in [0.1, 0.15) is 12.6 Å². The predicted octanol–water partition coefficient (Wildman–Crippen LogP) is 2.41. The number of nitrogens with zero attached hydrogens (tertiary/aromatic N) is 1. The molecule has 0 radical (unpaired) electrons. The number of hydrogen-bond acceptors (Lipinski definition) is 6.